The Morgan fingerprint density at radius 3 is 2.90 bits per heavy atom. The molecule has 0 aromatic heterocycles. The Balaban J connectivity index is 2.31. The van der Waals surface area contributed by atoms with Gasteiger partial charge >= 0.3 is 0 Å². The highest BCUT2D eigenvalue weighted by Gasteiger charge is 2.08. The highest BCUT2D eigenvalue weighted by atomic mass is 32.2. The van der Waals surface area contributed by atoms with Crippen LogP contribution in [0.2, 0.25) is 0 Å². The van der Waals surface area contributed by atoms with E-state index in [1.807, 2.05) is 7.05 Å². The first-order valence-corrected chi connectivity index (χ1v) is 7.94. The molecule has 1 aromatic rings. The Bertz CT molecular complexity index is 442. The van der Waals surface area contributed by atoms with Crippen molar-refractivity contribution in [2.75, 3.05) is 43.2 Å². The number of halogens is 1. The summed E-state index contributed by atoms with van der Waals surface area (Å²) in [4.78, 5) is 13.9. The van der Waals surface area contributed by atoms with Crippen molar-refractivity contribution >= 4 is 29.0 Å². The summed E-state index contributed by atoms with van der Waals surface area (Å²) >= 11 is 1.80. The van der Waals surface area contributed by atoms with Gasteiger partial charge in [0.1, 0.15) is 5.82 Å². The molecule has 1 aromatic carbocycles. The summed E-state index contributed by atoms with van der Waals surface area (Å²) in [7, 11) is 2.03. The third kappa shape index (κ3) is 6.25. The molecule has 1 amide bonds. The molecule has 0 spiro atoms. The van der Waals surface area contributed by atoms with Crippen LogP contribution in [0.15, 0.2) is 18.2 Å². The lowest BCUT2D eigenvalue weighted by Gasteiger charge is -2.15. The molecule has 4 nitrogen and oxygen atoms in total. The topological polar surface area (TPSA) is 58.4 Å². The van der Waals surface area contributed by atoms with Crippen molar-refractivity contribution in [1.29, 1.82) is 0 Å². The number of hydrogen-bond acceptors (Lipinski definition) is 4. The van der Waals surface area contributed by atoms with E-state index in [2.05, 4.69) is 16.5 Å². The second-order valence-electron chi connectivity index (χ2n) is 4.69. The maximum Gasteiger partial charge on any atom is 0.224 e. The Morgan fingerprint density at radius 1 is 1.45 bits per heavy atom. The largest absolute Gasteiger partial charge is 0.399 e. The fourth-order valence-corrected chi connectivity index (χ4v) is 2.21. The number of hydrogen-bond donors (Lipinski definition) is 2. The van der Waals surface area contributed by atoms with Gasteiger partial charge < -0.3 is 16.0 Å². The standard InChI is InChI=1S/C14H22FN3OS/c1-18(8-9-20-2)7-3-4-14(19)17-13-10-11(16)5-6-12(13)15/h5-6,10H,3-4,7-9,16H2,1-2H3,(H,17,19). The van der Waals surface area contributed by atoms with E-state index in [0.29, 0.717) is 12.1 Å². The zero-order valence-electron chi connectivity index (χ0n) is 12.0. The van der Waals surface area contributed by atoms with Gasteiger partial charge in [0, 0.05) is 24.4 Å². The number of nitrogens with two attached hydrogens (primary N) is 1. The molecule has 0 saturated carbocycles. The number of carbonyl (C=O) groups excluding carboxylic acids is 1. The van der Waals surface area contributed by atoms with Gasteiger partial charge in [-0.3, -0.25) is 4.79 Å². The Morgan fingerprint density at radius 2 is 2.20 bits per heavy atom. The van der Waals surface area contributed by atoms with Crippen molar-refractivity contribution in [1.82, 2.24) is 4.90 Å². The second kappa shape index (κ2) is 8.81. The fourth-order valence-electron chi connectivity index (χ4n) is 1.72. The minimum Gasteiger partial charge on any atom is -0.399 e. The van der Waals surface area contributed by atoms with E-state index >= 15 is 0 Å². The van der Waals surface area contributed by atoms with Crippen molar-refractivity contribution in [3.63, 3.8) is 0 Å². The minimum atomic E-state index is -0.468. The second-order valence-corrected chi connectivity index (χ2v) is 5.67. The van der Waals surface area contributed by atoms with Gasteiger partial charge in [-0.05, 0) is 44.5 Å². The van der Waals surface area contributed by atoms with E-state index in [4.69, 9.17) is 5.73 Å². The van der Waals surface area contributed by atoms with E-state index in [1.54, 1.807) is 11.8 Å². The number of nitrogens with zero attached hydrogens (tertiary/aromatic N) is 1. The van der Waals surface area contributed by atoms with Crippen molar-refractivity contribution in [3.05, 3.63) is 24.0 Å². The highest BCUT2D eigenvalue weighted by Crippen LogP contribution is 2.17. The van der Waals surface area contributed by atoms with Crippen LogP contribution in [0.4, 0.5) is 15.8 Å². The number of anilines is 2. The SMILES string of the molecule is CSCCN(C)CCCC(=O)Nc1cc(N)ccc1F. The molecule has 112 valence electrons. The first kappa shape index (κ1) is 16.8. The minimum absolute atomic E-state index is 0.144. The van der Waals surface area contributed by atoms with Gasteiger partial charge in [-0.1, -0.05) is 0 Å². The molecule has 0 saturated heterocycles. The molecule has 1 rings (SSSR count). The summed E-state index contributed by atoms with van der Waals surface area (Å²) in [5.41, 5.74) is 6.14. The van der Waals surface area contributed by atoms with Gasteiger partial charge in [0.15, 0.2) is 0 Å². The molecule has 20 heavy (non-hydrogen) atoms. The number of nitrogen functional groups attached to an aromatic ring is 1. The van der Waals surface area contributed by atoms with Gasteiger partial charge in [0.05, 0.1) is 5.69 Å². The summed E-state index contributed by atoms with van der Waals surface area (Å²) in [5.74, 6) is 0.425. The average Bonchev–Trinajstić information content (AvgIpc) is 2.40. The van der Waals surface area contributed by atoms with E-state index in [1.165, 1.54) is 18.2 Å². The molecule has 0 radical (unpaired) electrons. The van der Waals surface area contributed by atoms with Gasteiger partial charge in [-0.2, -0.15) is 11.8 Å². The van der Waals surface area contributed by atoms with E-state index in [-0.39, 0.29) is 11.6 Å². The van der Waals surface area contributed by atoms with Gasteiger partial charge in [-0.15, -0.1) is 0 Å². The van der Waals surface area contributed by atoms with Crippen molar-refractivity contribution < 1.29 is 9.18 Å². The van der Waals surface area contributed by atoms with Gasteiger partial charge in [0.2, 0.25) is 5.91 Å². The summed E-state index contributed by atoms with van der Waals surface area (Å²) < 4.78 is 13.4. The number of benzene rings is 1. The smallest absolute Gasteiger partial charge is 0.224 e. The lowest BCUT2D eigenvalue weighted by Crippen LogP contribution is -2.23. The van der Waals surface area contributed by atoms with E-state index in [9.17, 15) is 9.18 Å². The van der Waals surface area contributed by atoms with Crippen LogP contribution in [-0.4, -0.2) is 43.0 Å². The van der Waals surface area contributed by atoms with Crippen LogP contribution in [0, 0.1) is 5.82 Å². The predicted octanol–water partition coefficient (Wildman–Crippen LogP) is 2.42. The molecule has 0 bridgehead atoms. The normalized spacial score (nSPS) is 10.8. The summed E-state index contributed by atoms with van der Waals surface area (Å²) in [6.45, 7) is 1.86. The summed E-state index contributed by atoms with van der Waals surface area (Å²) in [5, 5.41) is 2.55. The number of amides is 1. The Labute approximate surface area is 123 Å². The molecule has 0 atom stereocenters. The molecule has 0 fully saturated rings. The number of carbonyl (C=O) groups is 1. The van der Waals surface area contributed by atoms with Crippen LogP contribution in [0.1, 0.15) is 12.8 Å². The molecule has 0 aliphatic rings. The fraction of sp³-hybridized carbons (Fsp3) is 0.500. The molecule has 0 heterocycles. The van der Waals surface area contributed by atoms with Crippen LogP contribution in [0.25, 0.3) is 0 Å². The van der Waals surface area contributed by atoms with E-state index in [0.717, 1.165) is 25.3 Å². The van der Waals surface area contributed by atoms with Crippen molar-refractivity contribution in [2.45, 2.75) is 12.8 Å². The zero-order chi connectivity index (χ0) is 15.0. The lowest BCUT2D eigenvalue weighted by atomic mass is 10.2. The average molecular weight is 299 g/mol. The Kier molecular flexibility index (Phi) is 7.40. The van der Waals surface area contributed by atoms with Crippen LogP contribution in [0.5, 0.6) is 0 Å². The van der Waals surface area contributed by atoms with Gasteiger partial charge in [0.25, 0.3) is 0 Å². The van der Waals surface area contributed by atoms with Crippen LogP contribution >= 0.6 is 11.8 Å². The quantitative estimate of drug-likeness (QED) is 0.724. The zero-order valence-corrected chi connectivity index (χ0v) is 12.8. The molecule has 0 aliphatic heterocycles. The molecule has 6 heteroatoms. The number of rotatable bonds is 8. The third-order valence-electron chi connectivity index (χ3n) is 2.89. The van der Waals surface area contributed by atoms with Crippen LogP contribution in [0.3, 0.4) is 0 Å². The molecule has 0 unspecified atom stereocenters. The van der Waals surface area contributed by atoms with Crippen LogP contribution < -0.4 is 11.1 Å². The molecular formula is C14H22FN3OS. The summed E-state index contributed by atoms with van der Waals surface area (Å²) in [6.07, 6.45) is 3.19. The highest BCUT2D eigenvalue weighted by molar-refractivity contribution is 7.98. The monoisotopic (exact) mass is 299 g/mol. The van der Waals surface area contributed by atoms with Gasteiger partial charge in [-0.25, -0.2) is 4.39 Å². The third-order valence-corrected chi connectivity index (χ3v) is 3.48. The predicted molar refractivity (Wildman–Crippen MR) is 84.6 cm³/mol. The van der Waals surface area contributed by atoms with E-state index < -0.39 is 5.82 Å². The maximum absolute atomic E-state index is 13.4. The maximum atomic E-state index is 13.4. The van der Waals surface area contributed by atoms with Crippen molar-refractivity contribution in [2.24, 2.45) is 0 Å². The molecular weight excluding hydrogens is 277 g/mol. The Hall–Kier alpha value is -1.27. The molecule has 0 aliphatic carbocycles. The van der Waals surface area contributed by atoms with Crippen LogP contribution in [-0.2, 0) is 4.79 Å². The summed E-state index contributed by atoms with van der Waals surface area (Å²) in [6, 6.07) is 4.14. The first-order valence-electron chi connectivity index (χ1n) is 6.55. The van der Waals surface area contributed by atoms with Crippen molar-refractivity contribution in [3.8, 4) is 0 Å². The lowest BCUT2D eigenvalue weighted by molar-refractivity contribution is -0.116. The number of nitrogens with one attached hydrogen (secondary N) is 1. The number of thioether (sulfide) groups is 1. The molecule has 3 N–H and O–H groups in total. The first-order chi connectivity index (χ1) is 9.52.